The van der Waals surface area contributed by atoms with Gasteiger partial charge in [0.1, 0.15) is 11.2 Å². The lowest BCUT2D eigenvalue weighted by Crippen LogP contribution is -1.96. The lowest BCUT2D eigenvalue weighted by Gasteiger charge is -2.11. The van der Waals surface area contributed by atoms with E-state index < -0.39 is 0 Å². The van der Waals surface area contributed by atoms with Crippen LogP contribution in [0.2, 0.25) is 0 Å². The van der Waals surface area contributed by atoms with E-state index in [2.05, 4.69) is 170 Å². The molecule has 0 bridgehead atoms. The average Bonchev–Trinajstić information content (AvgIpc) is 3.85. The van der Waals surface area contributed by atoms with Crippen molar-refractivity contribution in [1.82, 2.24) is 9.97 Å². The molecule has 0 aliphatic heterocycles. The third-order valence-electron chi connectivity index (χ3n) is 10.7. The number of nitrogens with zero attached hydrogens (tertiary/aromatic N) is 2. The first-order valence-corrected chi connectivity index (χ1v) is 19.6. The Morgan fingerprint density at radius 3 is 1.64 bits per heavy atom. The molecule has 262 valence electrons. The summed E-state index contributed by atoms with van der Waals surface area (Å²) in [6, 6.07) is 68.6. The molecule has 11 aromatic rings. The van der Waals surface area contributed by atoms with Gasteiger partial charge in [0.05, 0.1) is 11.4 Å². The molecule has 11 rings (SSSR count). The van der Waals surface area contributed by atoms with Crippen molar-refractivity contribution in [3.63, 3.8) is 0 Å². The molecule has 0 amide bonds. The number of furan rings is 1. The first-order chi connectivity index (χ1) is 27.7. The summed E-state index contributed by atoms with van der Waals surface area (Å²) >= 11 is 1.82. The standard InChI is InChI=1S/C52H32N2OS/c1-3-10-33(11-4-1)34-18-20-35(21-19-34)36-22-24-37(25-23-36)39-27-29-49-44(30-39)51-43(15-9-17-50(51)56-49)46-32-45(38-12-5-2-6-13-38)53-52(54-46)40-26-28-42-41-14-7-8-16-47(41)55-48(42)31-40/h1-32H. The number of benzene rings is 8. The predicted molar refractivity (Wildman–Crippen MR) is 235 cm³/mol. The van der Waals surface area contributed by atoms with Gasteiger partial charge in [-0.2, -0.15) is 0 Å². The Bertz CT molecular complexity index is 3220. The van der Waals surface area contributed by atoms with Gasteiger partial charge < -0.3 is 4.42 Å². The van der Waals surface area contributed by atoms with Crippen LogP contribution in [-0.2, 0) is 0 Å². The minimum atomic E-state index is 0.663. The molecule has 0 unspecified atom stereocenters. The normalized spacial score (nSPS) is 11.6. The van der Waals surface area contributed by atoms with Crippen LogP contribution in [0.4, 0.5) is 0 Å². The summed E-state index contributed by atoms with van der Waals surface area (Å²) in [5.74, 6) is 0.663. The molecule has 8 aromatic carbocycles. The van der Waals surface area contributed by atoms with Crippen LogP contribution in [0.15, 0.2) is 199 Å². The predicted octanol–water partition coefficient (Wildman–Crippen LogP) is 14.7. The van der Waals surface area contributed by atoms with Crippen molar-refractivity contribution in [1.29, 1.82) is 0 Å². The maximum atomic E-state index is 6.28. The van der Waals surface area contributed by atoms with Crippen LogP contribution in [0.25, 0.3) is 109 Å². The van der Waals surface area contributed by atoms with E-state index in [0.29, 0.717) is 5.82 Å². The Hall–Kier alpha value is -7.14. The average molecular weight is 733 g/mol. The highest BCUT2D eigenvalue weighted by atomic mass is 32.1. The number of para-hydroxylation sites is 1. The van der Waals surface area contributed by atoms with Crippen LogP contribution in [0.1, 0.15) is 0 Å². The molecule has 0 saturated heterocycles. The molecule has 0 aliphatic rings. The summed E-state index contributed by atoms with van der Waals surface area (Å²) in [6.45, 7) is 0. The fourth-order valence-corrected chi connectivity index (χ4v) is 9.01. The van der Waals surface area contributed by atoms with E-state index in [4.69, 9.17) is 14.4 Å². The van der Waals surface area contributed by atoms with Gasteiger partial charge in [-0.05, 0) is 75.8 Å². The molecular formula is C52H32N2OS. The second-order valence-corrected chi connectivity index (χ2v) is 15.2. The molecule has 0 N–H and O–H groups in total. The largest absolute Gasteiger partial charge is 0.456 e. The maximum absolute atomic E-state index is 6.28. The summed E-state index contributed by atoms with van der Waals surface area (Å²) in [7, 11) is 0. The minimum absolute atomic E-state index is 0.663. The number of thiophene rings is 1. The van der Waals surface area contributed by atoms with E-state index in [1.165, 1.54) is 53.6 Å². The summed E-state index contributed by atoms with van der Waals surface area (Å²) in [5, 5.41) is 4.62. The van der Waals surface area contributed by atoms with Crippen molar-refractivity contribution in [3.8, 4) is 67.3 Å². The molecule has 3 heterocycles. The van der Waals surface area contributed by atoms with Gasteiger partial charge in [-0.25, -0.2) is 9.97 Å². The smallest absolute Gasteiger partial charge is 0.160 e. The second-order valence-electron chi connectivity index (χ2n) is 14.1. The lowest BCUT2D eigenvalue weighted by molar-refractivity contribution is 0.669. The van der Waals surface area contributed by atoms with Crippen molar-refractivity contribution in [2.24, 2.45) is 0 Å². The number of hydrogen-bond acceptors (Lipinski definition) is 4. The molecule has 0 radical (unpaired) electrons. The fraction of sp³-hybridized carbons (Fsp3) is 0. The van der Waals surface area contributed by atoms with Gasteiger partial charge >= 0.3 is 0 Å². The van der Waals surface area contributed by atoms with Gasteiger partial charge in [0.25, 0.3) is 0 Å². The van der Waals surface area contributed by atoms with E-state index in [-0.39, 0.29) is 0 Å². The van der Waals surface area contributed by atoms with Crippen molar-refractivity contribution < 1.29 is 4.42 Å². The zero-order valence-electron chi connectivity index (χ0n) is 30.2. The molecule has 0 saturated carbocycles. The number of fused-ring (bicyclic) bond motifs is 6. The van der Waals surface area contributed by atoms with Gasteiger partial charge in [-0.15, -0.1) is 11.3 Å². The third-order valence-corrected chi connectivity index (χ3v) is 11.9. The molecule has 3 aromatic heterocycles. The third kappa shape index (κ3) is 5.67. The SMILES string of the molecule is c1ccc(-c2ccc(-c3ccc(-c4ccc5sc6cccc(-c7cc(-c8ccccc8)nc(-c8ccc9c(c8)oc8ccccc89)n7)c6c5c4)cc3)cc2)cc1. The quantitative estimate of drug-likeness (QED) is 0.171. The molecule has 4 heteroatoms. The van der Waals surface area contributed by atoms with E-state index in [1.807, 2.05) is 35.6 Å². The highest BCUT2D eigenvalue weighted by Gasteiger charge is 2.17. The van der Waals surface area contributed by atoms with Crippen LogP contribution in [0.5, 0.6) is 0 Å². The molecular weight excluding hydrogens is 701 g/mol. The van der Waals surface area contributed by atoms with Crippen LogP contribution >= 0.6 is 11.3 Å². The molecule has 56 heavy (non-hydrogen) atoms. The summed E-state index contributed by atoms with van der Waals surface area (Å²) in [4.78, 5) is 10.4. The minimum Gasteiger partial charge on any atom is -0.456 e. The van der Waals surface area contributed by atoms with Crippen LogP contribution < -0.4 is 0 Å². The van der Waals surface area contributed by atoms with Gasteiger partial charge in [-0.1, -0.05) is 152 Å². The van der Waals surface area contributed by atoms with Crippen molar-refractivity contribution in [2.75, 3.05) is 0 Å². The lowest BCUT2D eigenvalue weighted by atomic mass is 9.96. The molecule has 0 fully saturated rings. The topological polar surface area (TPSA) is 38.9 Å². The van der Waals surface area contributed by atoms with Crippen molar-refractivity contribution in [2.45, 2.75) is 0 Å². The van der Waals surface area contributed by atoms with Crippen LogP contribution in [0.3, 0.4) is 0 Å². The van der Waals surface area contributed by atoms with Gasteiger partial charge in [0, 0.05) is 47.6 Å². The van der Waals surface area contributed by atoms with Crippen LogP contribution in [0, 0.1) is 0 Å². The summed E-state index contributed by atoms with van der Waals surface area (Å²) in [6.07, 6.45) is 0. The van der Waals surface area contributed by atoms with E-state index >= 15 is 0 Å². The number of rotatable bonds is 6. The Balaban J connectivity index is 1.00. The highest BCUT2D eigenvalue weighted by molar-refractivity contribution is 7.26. The maximum Gasteiger partial charge on any atom is 0.160 e. The zero-order valence-corrected chi connectivity index (χ0v) is 31.0. The Labute approximate surface area is 327 Å². The number of aromatic nitrogens is 2. The Morgan fingerprint density at radius 1 is 0.339 bits per heavy atom. The molecule has 0 aliphatic carbocycles. The highest BCUT2D eigenvalue weighted by Crippen LogP contribution is 2.42. The van der Waals surface area contributed by atoms with Gasteiger partial charge in [0.15, 0.2) is 5.82 Å². The van der Waals surface area contributed by atoms with Gasteiger partial charge in [-0.3, -0.25) is 0 Å². The number of hydrogen-bond donors (Lipinski definition) is 0. The van der Waals surface area contributed by atoms with E-state index in [0.717, 1.165) is 50.0 Å². The summed E-state index contributed by atoms with van der Waals surface area (Å²) in [5.41, 5.74) is 13.7. The van der Waals surface area contributed by atoms with E-state index in [1.54, 1.807) is 0 Å². The molecule has 3 nitrogen and oxygen atoms in total. The summed E-state index contributed by atoms with van der Waals surface area (Å²) < 4.78 is 8.76. The van der Waals surface area contributed by atoms with Gasteiger partial charge in [0.2, 0.25) is 0 Å². The van der Waals surface area contributed by atoms with Crippen molar-refractivity contribution in [3.05, 3.63) is 194 Å². The zero-order chi connectivity index (χ0) is 37.0. The molecule has 0 spiro atoms. The van der Waals surface area contributed by atoms with Crippen molar-refractivity contribution >= 4 is 53.4 Å². The monoisotopic (exact) mass is 732 g/mol. The Morgan fingerprint density at radius 2 is 0.911 bits per heavy atom. The first-order valence-electron chi connectivity index (χ1n) is 18.8. The Kier molecular flexibility index (Phi) is 7.68. The van der Waals surface area contributed by atoms with E-state index in [9.17, 15) is 0 Å². The second kappa shape index (κ2) is 13.3. The fourth-order valence-electron chi connectivity index (χ4n) is 7.90. The molecule has 0 atom stereocenters. The van der Waals surface area contributed by atoms with Crippen LogP contribution in [-0.4, -0.2) is 9.97 Å². The first kappa shape index (κ1) is 32.3.